The summed E-state index contributed by atoms with van der Waals surface area (Å²) in [5.41, 5.74) is 0. The molecule has 0 heterocycles. The molecule has 0 atom stereocenters. The van der Waals surface area contributed by atoms with E-state index in [1.165, 1.54) is 14.0 Å². The molecule has 2 N–H and O–H groups in total. The van der Waals surface area contributed by atoms with Crippen molar-refractivity contribution >= 4 is 11.7 Å². The highest BCUT2D eigenvalue weighted by Crippen LogP contribution is 1.87. The smallest absolute Gasteiger partial charge is 0.285 e. The summed E-state index contributed by atoms with van der Waals surface area (Å²) in [5, 5.41) is 10.9. The summed E-state index contributed by atoms with van der Waals surface area (Å²) in [6, 6.07) is 0. The Kier molecular flexibility index (Phi) is 3.17. The van der Waals surface area contributed by atoms with E-state index in [1.807, 2.05) is 0 Å². The summed E-state index contributed by atoms with van der Waals surface area (Å²) in [7, 11) is 1.37. The van der Waals surface area contributed by atoms with Crippen molar-refractivity contribution in [3.05, 3.63) is 11.8 Å². The van der Waals surface area contributed by atoms with Gasteiger partial charge in [0, 0.05) is 13.1 Å². The number of aliphatic hydroxyl groups excluding tert-OH is 1. The molecule has 0 aromatic carbocycles. The van der Waals surface area contributed by atoms with Gasteiger partial charge in [0.15, 0.2) is 11.5 Å². The quantitative estimate of drug-likeness (QED) is 0.414. The molecule has 0 aromatic rings. The number of carbonyl (C=O) groups excluding carboxylic acids is 2. The molecular formula is C6H9NO3. The Morgan fingerprint density at radius 3 is 2.30 bits per heavy atom. The summed E-state index contributed by atoms with van der Waals surface area (Å²) in [6.45, 7) is 1.25. The standard InChI is InChI=1S/C6H9NO3/c1-4(8)3-5(9)6(10)7-2/h3,9H,1-2H3,(H,7,10)/b5-3-. The minimum Gasteiger partial charge on any atom is -0.503 e. The lowest BCUT2D eigenvalue weighted by Crippen LogP contribution is -2.20. The van der Waals surface area contributed by atoms with Gasteiger partial charge in [-0.25, -0.2) is 0 Å². The van der Waals surface area contributed by atoms with Gasteiger partial charge in [-0.1, -0.05) is 0 Å². The fraction of sp³-hybridized carbons (Fsp3) is 0.333. The van der Waals surface area contributed by atoms with Crippen LogP contribution in [0.2, 0.25) is 0 Å². The van der Waals surface area contributed by atoms with Crippen LogP contribution in [0.25, 0.3) is 0 Å². The summed E-state index contributed by atoms with van der Waals surface area (Å²) in [5.74, 6) is -1.58. The number of likely N-dealkylation sites (N-methyl/N-ethyl adjacent to an activating group) is 1. The fourth-order valence-corrected chi connectivity index (χ4v) is 0.386. The van der Waals surface area contributed by atoms with Gasteiger partial charge in [-0.3, -0.25) is 9.59 Å². The molecule has 0 aliphatic rings. The van der Waals surface area contributed by atoms with Crippen LogP contribution in [0.1, 0.15) is 6.92 Å². The first-order valence-electron chi connectivity index (χ1n) is 2.71. The third-order valence-electron chi connectivity index (χ3n) is 0.800. The highest BCUT2D eigenvalue weighted by atomic mass is 16.3. The Morgan fingerprint density at radius 2 is 2.00 bits per heavy atom. The van der Waals surface area contributed by atoms with Crippen LogP contribution in [0.4, 0.5) is 0 Å². The normalized spacial score (nSPS) is 10.8. The van der Waals surface area contributed by atoms with Gasteiger partial charge in [-0.05, 0) is 6.92 Å². The molecule has 0 saturated heterocycles. The zero-order valence-electron chi connectivity index (χ0n) is 5.84. The average molecular weight is 143 g/mol. The Hall–Kier alpha value is -1.32. The largest absolute Gasteiger partial charge is 0.503 e. The van der Waals surface area contributed by atoms with Crippen LogP contribution < -0.4 is 5.32 Å². The van der Waals surface area contributed by atoms with Crippen LogP contribution in [-0.2, 0) is 9.59 Å². The predicted octanol–water partition coefficient (Wildman–Crippen LogP) is -0.237. The number of rotatable bonds is 2. The Bertz CT molecular complexity index is 183. The van der Waals surface area contributed by atoms with E-state index in [9.17, 15) is 9.59 Å². The highest BCUT2D eigenvalue weighted by molar-refractivity contribution is 5.98. The van der Waals surface area contributed by atoms with E-state index in [0.717, 1.165) is 6.08 Å². The monoisotopic (exact) mass is 143 g/mol. The second kappa shape index (κ2) is 3.66. The lowest BCUT2D eigenvalue weighted by atomic mass is 10.3. The zero-order chi connectivity index (χ0) is 8.15. The number of amides is 1. The van der Waals surface area contributed by atoms with Gasteiger partial charge < -0.3 is 10.4 Å². The molecular weight excluding hydrogens is 134 g/mol. The van der Waals surface area contributed by atoms with Gasteiger partial charge in [-0.15, -0.1) is 0 Å². The van der Waals surface area contributed by atoms with E-state index in [4.69, 9.17) is 5.11 Å². The van der Waals surface area contributed by atoms with E-state index >= 15 is 0 Å². The molecule has 4 heteroatoms. The second-order valence-electron chi connectivity index (χ2n) is 1.72. The Balaban J connectivity index is 4.19. The van der Waals surface area contributed by atoms with Crippen molar-refractivity contribution in [2.75, 3.05) is 7.05 Å². The predicted molar refractivity (Wildman–Crippen MR) is 35.5 cm³/mol. The first-order chi connectivity index (χ1) is 4.57. The molecule has 10 heavy (non-hydrogen) atoms. The van der Waals surface area contributed by atoms with Crippen LogP contribution in [0.3, 0.4) is 0 Å². The number of ketones is 1. The summed E-state index contributed by atoms with van der Waals surface area (Å²) < 4.78 is 0. The Labute approximate surface area is 58.5 Å². The molecule has 0 fully saturated rings. The maximum Gasteiger partial charge on any atom is 0.285 e. The van der Waals surface area contributed by atoms with Gasteiger partial charge in [0.2, 0.25) is 0 Å². The lowest BCUT2D eigenvalue weighted by molar-refractivity contribution is -0.120. The third kappa shape index (κ3) is 2.86. The summed E-state index contributed by atoms with van der Waals surface area (Å²) in [6.07, 6.45) is 0.860. The number of carbonyl (C=O) groups is 2. The molecule has 0 spiro atoms. The van der Waals surface area contributed by atoms with Gasteiger partial charge in [-0.2, -0.15) is 0 Å². The second-order valence-corrected chi connectivity index (χ2v) is 1.72. The van der Waals surface area contributed by atoms with Crippen LogP contribution in [-0.4, -0.2) is 23.8 Å². The minimum atomic E-state index is -0.657. The maximum atomic E-state index is 10.5. The van der Waals surface area contributed by atoms with Gasteiger partial charge in [0.25, 0.3) is 5.91 Å². The van der Waals surface area contributed by atoms with Crippen molar-refractivity contribution in [1.82, 2.24) is 5.32 Å². The third-order valence-corrected chi connectivity index (χ3v) is 0.800. The van der Waals surface area contributed by atoms with E-state index in [2.05, 4.69) is 5.32 Å². The van der Waals surface area contributed by atoms with Crippen molar-refractivity contribution in [3.63, 3.8) is 0 Å². The molecule has 56 valence electrons. The molecule has 0 saturated carbocycles. The molecule has 0 rings (SSSR count). The van der Waals surface area contributed by atoms with Crippen LogP contribution >= 0.6 is 0 Å². The first kappa shape index (κ1) is 8.68. The number of allylic oxidation sites excluding steroid dienone is 1. The lowest BCUT2D eigenvalue weighted by Gasteiger charge is -1.94. The molecule has 0 aromatic heterocycles. The van der Waals surface area contributed by atoms with Crippen LogP contribution in [0.15, 0.2) is 11.8 Å². The van der Waals surface area contributed by atoms with Gasteiger partial charge in [0.05, 0.1) is 0 Å². The zero-order valence-corrected chi connectivity index (χ0v) is 5.84. The van der Waals surface area contributed by atoms with Crippen molar-refractivity contribution in [1.29, 1.82) is 0 Å². The molecule has 4 nitrogen and oxygen atoms in total. The van der Waals surface area contributed by atoms with Crippen molar-refractivity contribution in [3.8, 4) is 0 Å². The highest BCUT2D eigenvalue weighted by Gasteiger charge is 2.03. The molecule has 0 aliphatic carbocycles. The summed E-state index contributed by atoms with van der Waals surface area (Å²) >= 11 is 0. The van der Waals surface area contributed by atoms with Crippen molar-refractivity contribution < 1.29 is 14.7 Å². The molecule has 0 unspecified atom stereocenters. The van der Waals surface area contributed by atoms with E-state index in [0.29, 0.717) is 0 Å². The molecule has 0 radical (unpaired) electrons. The number of aliphatic hydroxyl groups is 1. The first-order valence-corrected chi connectivity index (χ1v) is 2.71. The van der Waals surface area contributed by atoms with E-state index < -0.39 is 11.7 Å². The van der Waals surface area contributed by atoms with E-state index in [-0.39, 0.29) is 5.78 Å². The van der Waals surface area contributed by atoms with Crippen molar-refractivity contribution in [2.24, 2.45) is 0 Å². The van der Waals surface area contributed by atoms with Crippen molar-refractivity contribution in [2.45, 2.75) is 6.92 Å². The maximum absolute atomic E-state index is 10.5. The molecule has 0 bridgehead atoms. The molecule has 0 aliphatic heterocycles. The van der Waals surface area contributed by atoms with E-state index in [1.54, 1.807) is 0 Å². The summed E-state index contributed by atoms with van der Waals surface area (Å²) in [4.78, 5) is 20.7. The SMILES string of the molecule is CNC(=O)/C(O)=C/C(C)=O. The fourth-order valence-electron chi connectivity index (χ4n) is 0.386. The van der Waals surface area contributed by atoms with Gasteiger partial charge >= 0.3 is 0 Å². The number of hydrogen-bond acceptors (Lipinski definition) is 3. The number of nitrogens with one attached hydrogen (secondary N) is 1. The molecule has 1 amide bonds. The van der Waals surface area contributed by atoms with Gasteiger partial charge in [0.1, 0.15) is 0 Å². The number of hydrogen-bond donors (Lipinski definition) is 2. The minimum absolute atomic E-state index is 0.360. The van der Waals surface area contributed by atoms with Crippen LogP contribution in [0.5, 0.6) is 0 Å². The van der Waals surface area contributed by atoms with Crippen LogP contribution in [0, 0.1) is 0 Å². The average Bonchev–Trinajstić information content (AvgIpc) is 1.85. The topological polar surface area (TPSA) is 66.4 Å². The Morgan fingerprint density at radius 1 is 1.50 bits per heavy atom.